The van der Waals surface area contributed by atoms with Crippen LogP contribution in [0, 0.1) is 0 Å². The highest BCUT2D eigenvalue weighted by atomic mass is 32.1. The van der Waals surface area contributed by atoms with Gasteiger partial charge >= 0.3 is 5.97 Å². The Bertz CT molecular complexity index is 559. The number of nitrogens with zero attached hydrogens (tertiary/aromatic N) is 2. The number of carbonyl (C=O) groups is 2. The molecule has 1 aromatic carbocycles. The van der Waals surface area contributed by atoms with Crippen LogP contribution in [-0.2, 0) is 16.1 Å². The van der Waals surface area contributed by atoms with Crippen molar-refractivity contribution in [2.24, 2.45) is 0 Å². The molecule has 0 radical (unpaired) electrons. The van der Waals surface area contributed by atoms with Crippen molar-refractivity contribution < 1.29 is 14.3 Å². The molecular weight excluding hydrogens is 350 g/mol. The lowest BCUT2D eigenvalue weighted by Gasteiger charge is -2.33. The topological polar surface area (TPSA) is 61.9 Å². The van der Waals surface area contributed by atoms with E-state index in [1.807, 2.05) is 44.0 Å². The summed E-state index contributed by atoms with van der Waals surface area (Å²) in [5.41, 5.74) is 2.19. The Hall–Kier alpha value is -1.73. The van der Waals surface area contributed by atoms with Crippen LogP contribution >= 0.6 is 12.6 Å². The molecule has 6 nitrogen and oxygen atoms in total. The van der Waals surface area contributed by atoms with E-state index in [9.17, 15) is 9.59 Å². The van der Waals surface area contributed by atoms with Crippen LogP contribution in [0.3, 0.4) is 0 Å². The zero-order valence-corrected chi connectivity index (χ0v) is 17.7. The molecule has 2 rings (SSSR count). The average Bonchev–Trinajstić information content (AvgIpc) is 2.69. The molecule has 0 saturated carbocycles. The highest BCUT2D eigenvalue weighted by Gasteiger charge is 2.23. The third-order valence-electron chi connectivity index (χ3n) is 3.85. The summed E-state index contributed by atoms with van der Waals surface area (Å²) in [5.74, 6) is -0.358. The lowest BCUT2D eigenvalue weighted by molar-refractivity contribution is -0.142. The van der Waals surface area contributed by atoms with Gasteiger partial charge in [-0.1, -0.05) is 19.9 Å². The summed E-state index contributed by atoms with van der Waals surface area (Å²) in [6.45, 7) is 8.66. The van der Waals surface area contributed by atoms with Crippen molar-refractivity contribution in [3.8, 4) is 0 Å². The number of hydrogen-bond donors (Lipinski definition) is 2. The van der Waals surface area contributed by atoms with Gasteiger partial charge in [0.15, 0.2) is 0 Å². The number of rotatable bonds is 4. The van der Waals surface area contributed by atoms with Gasteiger partial charge < -0.3 is 19.9 Å². The molecule has 26 heavy (non-hydrogen) atoms. The summed E-state index contributed by atoms with van der Waals surface area (Å²) in [7, 11) is 3.86. The first kappa shape index (κ1) is 24.3. The predicted octanol–water partition coefficient (Wildman–Crippen LogP) is 2.75. The van der Waals surface area contributed by atoms with E-state index in [1.54, 1.807) is 6.26 Å². The van der Waals surface area contributed by atoms with E-state index in [1.165, 1.54) is 6.92 Å². The predicted molar refractivity (Wildman–Crippen MR) is 111 cm³/mol. The maximum absolute atomic E-state index is 12.8. The second-order valence-electron chi connectivity index (χ2n) is 5.50. The second kappa shape index (κ2) is 13.5. The van der Waals surface area contributed by atoms with Gasteiger partial charge in [0.05, 0.1) is 0 Å². The number of amides is 1. The summed E-state index contributed by atoms with van der Waals surface area (Å²) in [6.07, 6.45) is 1.69. The minimum absolute atomic E-state index is 0.00708. The molecule has 0 bridgehead atoms. The SMILES string of the molecule is CC.CNc1ccc(COC(C)=O)c(C(=O)N2CCN(C)CC2)c1.CS. The number of benzene rings is 1. The smallest absolute Gasteiger partial charge is 0.302 e. The van der Waals surface area contributed by atoms with E-state index < -0.39 is 0 Å². The van der Waals surface area contributed by atoms with Gasteiger partial charge in [-0.25, -0.2) is 0 Å². The van der Waals surface area contributed by atoms with Crippen molar-refractivity contribution >= 4 is 30.2 Å². The van der Waals surface area contributed by atoms with Crippen molar-refractivity contribution in [2.45, 2.75) is 27.4 Å². The Kier molecular flexibility index (Phi) is 12.6. The molecule has 1 aliphatic heterocycles. The lowest BCUT2D eigenvalue weighted by Crippen LogP contribution is -2.47. The number of carbonyl (C=O) groups excluding carboxylic acids is 2. The standard InChI is InChI=1S/C16H23N3O3.C2H6.CH4S/c1-12(20)22-11-13-4-5-14(17-2)10-15(13)16(21)19-8-6-18(3)7-9-19;2*1-2/h4-5,10,17H,6-9,11H2,1-3H3;1-2H3;2H,1H3. The van der Waals surface area contributed by atoms with Crippen LogP contribution in [0.5, 0.6) is 0 Å². The number of ether oxygens (including phenoxy) is 1. The van der Waals surface area contributed by atoms with Gasteiger partial charge in [-0.2, -0.15) is 12.6 Å². The van der Waals surface area contributed by atoms with Gasteiger partial charge in [0, 0.05) is 57.0 Å². The first-order chi connectivity index (χ1) is 12.5. The van der Waals surface area contributed by atoms with Crippen LogP contribution in [0.4, 0.5) is 5.69 Å². The molecule has 148 valence electrons. The fraction of sp³-hybridized carbons (Fsp3) is 0.579. The molecular formula is C19H33N3O3S. The Labute approximate surface area is 163 Å². The van der Waals surface area contributed by atoms with Gasteiger partial charge in [0.1, 0.15) is 6.61 Å². The van der Waals surface area contributed by atoms with Crippen LogP contribution in [0.2, 0.25) is 0 Å². The number of thiol groups is 1. The average molecular weight is 384 g/mol. The molecule has 0 atom stereocenters. The number of nitrogens with one attached hydrogen (secondary N) is 1. The number of esters is 1. The Morgan fingerprint density at radius 2 is 1.73 bits per heavy atom. The quantitative estimate of drug-likeness (QED) is 0.618. The zero-order chi connectivity index (χ0) is 20.1. The second-order valence-corrected chi connectivity index (χ2v) is 5.50. The van der Waals surface area contributed by atoms with Crippen LogP contribution in [0.1, 0.15) is 36.7 Å². The molecule has 1 heterocycles. The van der Waals surface area contributed by atoms with E-state index >= 15 is 0 Å². The summed E-state index contributed by atoms with van der Waals surface area (Å²) in [6, 6.07) is 5.52. The highest BCUT2D eigenvalue weighted by molar-refractivity contribution is 7.79. The fourth-order valence-corrected chi connectivity index (χ4v) is 2.42. The highest BCUT2D eigenvalue weighted by Crippen LogP contribution is 2.19. The van der Waals surface area contributed by atoms with E-state index in [0.717, 1.165) is 24.3 Å². The van der Waals surface area contributed by atoms with Crippen LogP contribution < -0.4 is 5.32 Å². The Balaban J connectivity index is 0.00000146. The molecule has 1 N–H and O–H groups in total. The lowest BCUT2D eigenvalue weighted by atomic mass is 10.0. The Morgan fingerprint density at radius 3 is 2.23 bits per heavy atom. The zero-order valence-electron chi connectivity index (χ0n) is 16.8. The van der Waals surface area contributed by atoms with Crippen molar-refractivity contribution in [3.63, 3.8) is 0 Å². The van der Waals surface area contributed by atoms with E-state index in [-0.39, 0.29) is 18.5 Å². The summed E-state index contributed by atoms with van der Waals surface area (Å²) in [4.78, 5) is 27.9. The number of anilines is 1. The summed E-state index contributed by atoms with van der Waals surface area (Å²) in [5, 5.41) is 3.04. The van der Waals surface area contributed by atoms with Gasteiger partial charge in [0.25, 0.3) is 5.91 Å². The van der Waals surface area contributed by atoms with Gasteiger partial charge in [-0.3, -0.25) is 9.59 Å². The number of piperazine rings is 1. The minimum atomic E-state index is -0.351. The molecule has 0 unspecified atom stereocenters. The van der Waals surface area contributed by atoms with Crippen molar-refractivity contribution in [1.82, 2.24) is 9.80 Å². The van der Waals surface area contributed by atoms with E-state index in [0.29, 0.717) is 18.7 Å². The number of likely N-dealkylation sites (N-methyl/N-ethyl adjacent to an activating group) is 1. The van der Waals surface area contributed by atoms with E-state index in [4.69, 9.17) is 4.74 Å². The fourth-order valence-electron chi connectivity index (χ4n) is 2.42. The first-order valence-corrected chi connectivity index (χ1v) is 9.77. The monoisotopic (exact) mass is 383 g/mol. The largest absolute Gasteiger partial charge is 0.461 e. The van der Waals surface area contributed by atoms with Crippen molar-refractivity contribution in [2.75, 3.05) is 51.8 Å². The third kappa shape index (κ3) is 7.66. The number of hydrogen-bond acceptors (Lipinski definition) is 6. The molecule has 0 spiro atoms. The van der Waals surface area contributed by atoms with Crippen molar-refractivity contribution in [1.29, 1.82) is 0 Å². The van der Waals surface area contributed by atoms with Gasteiger partial charge in [-0.15, -0.1) is 0 Å². The molecule has 1 fully saturated rings. The third-order valence-corrected chi connectivity index (χ3v) is 3.85. The molecule has 0 aliphatic carbocycles. The minimum Gasteiger partial charge on any atom is -0.461 e. The van der Waals surface area contributed by atoms with Crippen LogP contribution in [0.15, 0.2) is 18.2 Å². The molecule has 7 heteroatoms. The maximum Gasteiger partial charge on any atom is 0.302 e. The van der Waals surface area contributed by atoms with Crippen molar-refractivity contribution in [3.05, 3.63) is 29.3 Å². The van der Waals surface area contributed by atoms with Gasteiger partial charge in [-0.05, 0) is 25.4 Å². The van der Waals surface area contributed by atoms with Crippen LogP contribution in [-0.4, -0.2) is 68.2 Å². The normalized spacial score (nSPS) is 13.6. The maximum atomic E-state index is 12.8. The first-order valence-electron chi connectivity index (χ1n) is 8.88. The molecule has 1 saturated heterocycles. The molecule has 1 amide bonds. The Morgan fingerprint density at radius 1 is 1.15 bits per heavy atom. The molecule has 1 aromatic rings. The molecule has 0 aromatic heterocycles. The van der Waals surface area contributed by atoms with Gasteiger partial charge in [0.2, 0.25) is 0 Å². The molecule has 1 aliphatic rings. The van der Waals surface area contributed by atoms with Crippen LogP contribution in [0.25, 0.3) is 0 Å². The van der Waals surface area contributed by atoms with E-state index in [2.05, 4.69) is 29.9 Å². The summed E-state index contributed by atoms with van der Waals surface area (Å²) >= 11 is 3.53. The summed E-state index contributed by atoms with van der Waals surface area (Å²) < 4.78 is 5.06.